The van der Waals surface area contributed by atoms with Gasteiger partial charge in [-0.15, -0.1) is 4.40 Å². The second kappa shape index (κ2) is 5.86. The van der Waals surface area contributed by atoms with Crippen molar-refractivity contribution < 1.29 is 21.4 Å². The number of thiazole rings is 2. The van der Waals surface area contributed by atoms with Gasteiger partial charge in [-0.25, -0.2) is 0 Å². The first-order chi connectivity index (χ1) is 9.70. The second-order valence-electron chi connectivity index (χ2n) is 4.45. The van der Waals surface area contributed by atoms with Crippen LogP contribution in [0.2, 0.25) is 10.0 Å². The van der Waals surface area contributed by atoms with Crippen molar-refractivity contribution in [3.63, 3.8) is 0 Å². The van der Waals surface area contributed by atoms with Crippen LogP contribution in [0.1, 0.15) is 0 Å². The molecule has 0 saturated carbocycles. The minimum atomic E-state index is 0. The van der Waals surface area contributed by atoms with Gasteiger partial charge in [-0.2, -0.15) is 0 Å². The van der Waals surface area contributed by atoms with E-state index in [0.29, 0.717) is 0 Å². The van der Waals surface area contributed by atoms with Crippen LogP contribution in [0.3, 0.4) is 0 Å². The predicted molar refractivity (Wildman–Crippen MR) is 88.3 cm³/mol. The quantitative estimate of drug-likeness (QED) is 0.420. The minimum absolute atomic E-state index is 0. The molecule has 0 saturated heterocycles. The molecular weight excluding hydrogens is 409 g/mol. The molecule has 0 atom stereocenters. The Morgan fingerprint density at radius 1 is 0.857 bits per heavy atom. The zero-order chi connectivity index (χ0) is 13.7. The van der Waals surface area contributed by atoms with Crippen molar-refractivity contribution in [2.45, 2.75) is 0 Å². The van der Waals surface area contributed by atoms with Crippen LogP contribution in [0.15, 0.2) is 48.7 Å². The van der Waals surface area contributed by atoms with E-state index in [1.165, 1.54) is 19.3 Å². The summed E-state index contributed by atoms with van der Waals surface area (Å²) in [4.78, 5) is 1.23. The molecule has 0 aliphatic carbocycles. The smallest absolute Gasteiger partial charge is 0.326 e. The van der Waals surface area contributed by atoms with E-state index in [9.17, 15) is 0 Å². The van der Waals surface area contributed by atoms with Gasteiger partial charge in [0, 0.05) is 16.1 Å². The fourth-order valence-electron chi connectivity index (χ4n) is 2.18. The molecule has 0 fully saturated rings. The van der Waals surface area contributed by atoms with Crippen molar-refractivity contribution in [3.8, 4) is 10.4 Å². The summed E-state index contributed by atoms with van der Waals surface area (Å²) >= 11 is 15.6. The number of aromatic nitrogens is 1. The SMILES string of the molecule is Clc1ccc(-c2c[n+]3c(s2)sc2ccc(Cl)cc23)cc1.[Br-]. The summed E-state index contributed by atoms with van der Waals surface area (Å²) in [6.45, 7) is 0. The van der Waals surface area contributed by atoms with Crippen LogP contribution in [0.5, 0.6) is 0 Å². The van der Waals surface area contributed by atoms with E-state index in [4.69, 9.17) is 23.2 Å². The molecule has 106 valence electrons. The van der Waals surface area contributed by atoms with Crippen molar-refractivity contribution >= 4 is 60.2 Å². The summed E-state index contributed by atoms with van der Waals surface area (Å²) in [5.41, 5.74) is 2.35. The summed E-state index contributed by atoms with van der Waals surface area (Å²) in [6.07, 6.45) is 2.17. The third-order valence-electron chi connectivity index (χ3n) is 3.15. The van der Waals surface area contributed by atoms with E-state index in [2.05, 4.69) is 16.7 Å². The van der Waals surface area contributed by atoms with Crippen molar-refractivity contribution in [1.82, 2.24) is 0 Å². The van der Waals surface area contributed by atoms with Gasteiger partial charge in [0.1, 0.15) is 9.58 Å². The van der Waals surface area contributed by atoms with Gasteiger partial charge in [0.2, 0.25) is 5.52 Å². The van der Waals surface area contributed by atoms with Gasteiger partial charge < -0.3 is 17.0 Å². The highest BCUT2D eigenvalue weighted by Crippen LogP contribution is 2.33. The van der Waals surface area contributed by atoms with Crippen LogP contribution in [0.4, 0.5) is 0 Å². The fraction of sp³-hybridized carbons (Fsp3) is 0. The van der Waals surface area contributed by atoms with E-state index in [0.717, 1.165) is 15.6 Å². The van der Waals surface area contributed by atoms with Gasteiger partial charge in [0.05, 0.1) is 0 Å². The molecule has 0 spiro atoms. The third kappa shape index (κ3) is 2.71. The Morgan fingerprint density at radius 3 is 2.33 bits per heavy atom. The second-order valence-corrected chi connectivity index (χ2v) is 7.64. The first-order valence-corrected chi connectivity index (χ1v) is 8.39. The zero-order valence-electron chi connectivity index (χ0n) is 10.5. The molecule has 0 radical (unpaired) electrons. The van der Waals surface area contributed by atoms with Crippen molar-refractivity contribution in [2.24, 2.45) is 0 Å². The molecule has 0 unspecified atom stereocenters. The maximum Gasteiger partial charge on any atom is 0.326 e. The maximum absolute atomic E-state index is 6.10. The van der Waals surface area contributed by atoms with Crippen LogP contribution in [0.25, 0.3) is 24.8 Å². The average Bonchev–Trinajstić information content (AvgIpc) is 2.98. The Morgan fingerprint density at radius 2 is 1.57 bits per heavy atom. The van der Waals surface area contributed by atoms with E-state index in [1.807, 2.05) is 36.4 Å². The van der Waals surface area contributed by atoms with E-state index in [1.54, 1.807) is 22.7 Å². The number of halogens is 3. The molecule has 1 nitrogen and oxygen atoms in total. The highest BCUT2D eigenvalue weighted by molar-refractivity contribution is 7.39. The summed E-state index contributed by atoms with van der Waals surface area (Å²) in [5.74, 6) is 0. The van der Waals surface area contributed by atoms with Gasteiger partial charge in [0.15, 0.2) is 6.20 Å². The highest BCUT2D eigenvalue weighted by Gasteiger charge is 2.19. The molecule has 2 aromatic heterocycles. The number of benzene rings is 2. The molecule has 0 amide bonds. The van der Waals surface area contributed by atoms with Crippen LogP contribution < -0.4 is 21.4 Å². The van der Waals surface area contributed by atoms with Gasteiger partial charge in [-0.3, -0.25) is 0 Å². The van der Waals surface area contributed by atoms with Crippen molar-refractivity contribution in [3.05, 3.63) is 58.7 Å². The van der Waals surface area contributed by atoms with Crippen LogP contribution >= 0.6 is 45.9 Å². The summed E-state index contributed by atoms with van der Waals surface area (Å²) < 4.78 is 4.72. The van der Waals surface area contributed by atoms with Crippen LogP contribution in [0, 0.1) is 0 Å². The van der Waals surface area contributed by atoms with E-state index < -0.39 is 0 Å². The summed E-state index contributed by atoms with van der Waals surface area (Å²) in [7, 11) is 0. The van der Waals surface area contributed by atoms with Crippen LogP contribution in [-0.2, 0) is 0 Å². The molecule has 0 aliphatic heterocycles. The Bertz CT molecular complexity index is 928. The van der Waals surface area contributed by atoms with Gasteiger partial charge in [-0.1, -0.05) is 58.0 Å². The summed E-state index contributed by atoms with van der Waals surface area (Å²) in [5, 5.41) is 1.53. The molecule has 2 heterocycles. The number of nitrogens with zero attached hydrogens (tertiary/aromatic N) is 1. The predicted octanol–water partition coefficient (Wildman–Crippen LogP) is 2.68. The number of hydrogen-bond acceptors (Lipinski definition) is 2. The molecule has 0 aliphatic rings. The monoisotopic (exact) mass is 415 g/mol. The van der Waals surface area contributed by atoms with Gasteiger partial charge in [0.25, 0.3) is 0 Å². The standard InChI is InChI=1S/C15H8Cl2NS2.BrH/c16-10-3-1-9(2-4-10)14-8-18-12-7-11(17)5-6-13(12)19-15(18)20-14;/h1-8H;1H/q+1;/p-1. The number of fused-ring (bicyclic) bond motifs is 3. The Labute approximate surface area is 150 Å². The maximum atomic E-state index is 6.10. The van der Waals surface area contributed by atoms with E-state index >= 15 is 0 Å². The lowest BCUT2D eigenvalue weighted by atomic mass is 10.2. The van der Waals surface area contributed by atoms with Crippen molar-refractivity contribution in [1.29, 1.82) is 0 Å². The molecule has 4 rings (SSSR count). The average molecular weight is 417 g/mol. The molecule has 21 heavy (non-hydrogen) atoms. The lowest BCUT2D eigenvalue weighted by Gasteiger charge is -1.93. The molecule has 4 aromatic rings. The molecular formula is C15H8BrCl2NS2. The normalized spacial score (nSPS) is 11.0. The zero-order valence-corrected chi connectivity index (χ0v) is 15.2. The lowest BCUT2D eigenvalue weighted by Crippen LogP contribution is -3.00. The number of rotatable bonds is 1. The largest absolute Gasteiger partial charge is 1.00 e. The molecule has 6 heteroatoms. The fourth-order valence-corrected chi connectivity index (χ4v) is 4.87. The molecule has 2 aromatic carbocycles. The Balaban J connectivity index is 0.00000132. The Kier molecular flexibility index (Phi) is 4.26. The molecule has 0 N–H and O–H groups in total. The van der Waals surface area contributed by atoms with Gasteiger partial charge >= 0.3 is 4.14 Å². The first kappa shape index (κ1) is 15.3. The topological polar surface area (TPSA) is 4.10 Å². The molecule has 0 bridgehead atoms. The number of hydrogen-bond donors (Lipinski definition) is 0. The highest BCUT2D eigenvalue weighted by atomic mass is 79.9. The minimum Gasteiger partial charge on any atom is -1.00 e. The van der Waals surface area contributed by atoms with Crippen molar-refractivity contribution in [2.75, 3.05) is 0 Å². The van der Waals surface area contributed by atoms with E-state index in [-0.39, 0.29) is 17.0 Å². The lowest BCUT2D eigenvalue weighted by molar-refractivity contribution is -0.472. The Hall–Kier alpha value is -0.650. The third-order valence-corrected chi connectivity index (χ3v) is 6.00. The first-order valence-electron chi connectivity index (χ1n) is 6.00. The van der Waals surface area contributed by atoms with Crippen LogP contribution in [-0.4, -0.2) is 0 Å². The summed E-state index contributed by atoms with van der Waals surface area (Å²) in [6, 6.07) is 14.0. The van der Waals surface area contributed by atoms with Gasteiger partial charge in [-0.05, 0) is 29.8 Å².